The molecule has 0 amide bonds. The van der Waals surface area contributed by atoms with Gasteiger partial charge in [-0.2, -0.15) is 0 Å². The largest absolute Gasteiger partial charge is 0.342 e. The van der Waals surface area contributed by atoms with Crippen molar-refractivity contribution in [3.63, 3.8) is 0 Å². The summed E-state index contributed by atoms with van der Waals surface area (Å²) in [6.07, 6.45) is 3.16. The number of nitrogens with one attached hydrogen (secondary N) is 1. The van der Waals surface area contributed by atoms with Gasteiger partial charge in [0.05, 0.1) is 0 Å². The number of aromatic nitrogens is 1. The molecule has 0 spiro atoms. The van der Waals surface area contributed by atoms with Crippen molar-refractivity contribution in [2.45, 2.75) is 6.54 Å². The van der Waals surface area contributed by atoms with E-state index in [1.54, 1.807) is 6.07 Å². The highest BCUT2D eigenvalue weighted by Crippen LogP contribution is 2.22. The Balaban J connectivity index is 2.11. The first kappa shape index (κ1) is 11.7. The van der Waals surface area contributed by atoms with Crippen LogP contribution in [0.3, 0.4) is 0 Å². The Labute approximate surface area is 110 Å². The molecule has 1 aromatic heterocycles. The van der Waals surface area contributed by atoms with Crippen molar-refractivity contribution >= 4 is 17.1 Å². The molecule has 0 radical (unpaired) electrons. The number of benzene rings is 2. The number of halogens is 1. The third kappa shape index (κ3) is 2.15. The molecule has 1 N–H and O–H groups in total. The van der Waals surface area contributed by atoms with Crippen LogP contribution in [-0.4, -0.2) is 10.8 Å². The summed E-state index contributed by atoms with van der Waals surface area (Å²) in [6, 6.07) is 14.8. The molecule has 0 aliphatic rings. The van der Waals surface area contributed by atoms with Crippen molar-refractivity contribution in [1.82, 2.24) is 4.57 Å². The van der Waals surface area contributed by atoms with Gasteiger partial charge in [0.15, 0.2) is 0 Å². The first-order valence-corrected chi connectivity index (χ1v) is 6.11. The van der Waals surface area contributed by atoms with Gasteiger partial charge in [0.1, 0.15) is 5.82 Å². The van der Waals surface area contributed by atoms with Crippen molar-refractivity contribution in [1.29, 1.82) is 5.41 Å². The highest BCUT2D eigenvalue weighted by atomic mass is 19.1. The van der Waals surface area contributed by atoms with Crippen LogP contribution in [0, 0.1) is 11.2 Å². The SMILES string of the molecule is N=Cc1cn(Cc2ccccc2)c2ccc(F)cc12. The Hall–Kier alpha value is -2.42. The fraction of sp³-hybridized carbons (Fsp3) is 0.0625. The number of fused-ring (bicyclic) bond motifs is 1. The lowest BCUT2D eigenvalue weighted by atomic mass is 10.2. The van der Waals surface area contributed by atoms with E-state index in [4.69, 9.17) is 5.41 Å². The lowest BCUT2D eigenvalue weighted by Gasteiger charge is -2.05. The topological polar surface area (TPSA) is 28.8 Å². The minimum atomic E-state index is -0.270. The molecule has 94 valence electrons. The van der Waals surface area contributed by atoms with Gasteiger partial charge in [-0.1, -0.05) is 30.3 Å². The molecular formula is C16H13FN2. The summed E-state index contributed by atoms with van der Waals surface area (Å²) in [5.41, 5.74) is 2.87. The number of hydrogen-bond acceptors (Lipinski definition) is 1. The molecule has 3 heteroatoms. The highest BCUT2D eigenvalue weighted by Gasteiger charge is 2.08. The van der Waals surface area contributed by atoms with E-state index in [-0.39, 0.29) is 5.82 Å². The van der Waals surface area contributed by atoms with Gasteiger partial charge >= 0.3 is 0 Å². The fourth-order valence-electron chi connectivity index (χ4n) is 2.32. The minimum Gasteiger partial charge on any atom is -0.342 e. The van der Waals surface area contributed by atoms with Crippen molar-refractivity contribution in [2.75, 3.05) is 0 Å². The summed E-state index contributed by atoms with van der Waals surface area (Å²) in [6.45, 7) is 0.719. The van der Waals surface area contributed by atoms with E-state index in [0.29, 0.717) is 0 Å². The Morgan fingerprint density at radius 1 is 1.11 bits per heavy atom. The third-order valence-electron chi connectivity index (χ3n) is 3.23. The summed E-state index contributed by atoms with van der Waals surface area (Å²) < 4.78 is 15.4. The van der Waals surface area contributed by atoms with Crippen LogP contribution in [0.2, 0.25) is 0 Å². The van der Waals surface area contributed by atoms with Gasteiger partial charge in [-0.05, 0) is 23.8 Å². The minimum absolute atomic E-state index is 0.270. The van der Waals surface area contributed by atoms with Gasteiger partial charge in [-0.3, -0.25) is 0 Å². The molecule has 19 heavy (non-hydrogen) atoms. The molecule has 2 aromatic carbocycles. The monoisotopic (exact) mass is 252 g/mol. The number of nitrogens with zero attached hydrogens (tertiary/aromatic N) is 1. The average Bonchev–Trinajstić information content (AvgIpc) is 2.77. The summed E-state index contributed by atoms with van der Waals surface area (Å²) in [5, 5.41) is 8.21. The van der Waals surface area contributed by atoms with Crippen LogP contribution in [0.15, 0.2) is 54.7 Å². The Bertz CT molecular complexity index is 729. The molecule has 2 nitrogen and oxygen atoms in total. The fourth-order valence-corrected chi connectivity index (χ4v) is 2.32. The van der Waals surface area contributed by atoms with Crippen molar-refractivity contribution in [3.8, 4) is 0 Å². The molecule has 0 fully saturated rings. The van der Waals surface area contributed by atoms with Gasteiger partial charge < -0.3 is 9.98 Å². The zero-order valence-corrected chi connectivity index (χ0v) is 10.3. The van der Waals surface area contributed by atoms with Gasteiger partial charge in [0.25, 0.3) is 0 Å². The van der Waals surface area contributed by atoms with Crippen molar-refractivity contribution in [2.24, 2.45) is 0 Å². The van der Waals surface area contributed by atoms with Crippen molar-refractivity contribution in [3.05, 3.63) is 71.7 Å². The second-order valence-corrected chi connectivity index (χ2v) is 4.50. The van der Waals surface area contributed by atoms with E-state index >= 15 is 0 Å². The summed E-state index contributed by atoms with van der Waals surface area (Å²) in [5.74, 6) is -0.270. The predicted octanol–water partition coefficient (Wildman–Crippen LogP) is 3.83. The standard InChI is InChI=1S/C16H13FN2/c17-14-6-7-16-15(8-14)13(9-18)11-19(16)10-12-4-2-1-3-5-12/h1-9,11,18H,10H2. The Morgan fingerprint density at radius 3 is 2.63 bits per heavy atom. The second-order valence-electron chi connectivity index (χ2n) is 4.50. The van der Waals surface area contributed by atoms with Crippen LogP contribution in [0.1, 0.15) is 11.1 Å². The molecule has 0 bridgehead atoms. The molecule has 0 saturated heterocycles. The number of rotatable bonds is 3. The molecule has 3 aromatic rings. The molecule has 0 aliphatic carbocycles. The van der Waals surface area contributed by atoms with E-state index in [9.17, 15) is 4.39 Å². The summed E-state index contributed by atoms with van der Waals surface area (Å²) in [7, 11) is 0. The maximum absolute atomic E-state index is 13.3. The predicted molar refractivity (Wildman–Crippen MR) is 75.3 cm³/mol. The van der Waals surface area contributed by atoms with Gasteiger partial charge in [0, 0.05) is 35.4 Å². The molecule has 0 saturated carbocycles. The maximum atomic E-state index is 13.3. The first-order chi connectivity index (χ1) is 9.28. The molecule has 0 atom stereocenters. The molecule has 0 unspecified atom stereocenters. The van der Waals surface area contributed by atoms with E-state index in [2.05, 4.69) is 12.1 Å². The van der Waals surface area contributed by atoms with Gasteiger partial charge in [-0.15, -0.1) is 0 Å². The summed E-state index contributed by atoms with van der Waals surface area (Å²) >= 11 is 0. The Morgan fingerprint density at radius 2 is 1.89 bits per heavy atom. The normalized spacial score (nSPS) is 10.8. The lowest BCUT2D eigenvalue weighted by molar-refractivity contribution is 0.629. The molecule has 3 rings (SSSR count). The van der Waals surface area contributed by atoms with E-state index in [1.165, 1.54) is 23.9 Å². The Kier molecular flexibility index (Phi) is 2.88. The van der Waals surface area contributed by atoms with Gasteiger partial charge in [0.2, 0.25) is 0 Å². The molecular weight excluding hydrogens is 239 g/mol. The van der Waals surface area contributed by atoms with Crippen LogP contribution in [0.5, 0.6) is 0 Å². The van der Waals surface area contributed by atoms with Crippen LogP contribution >= 0.6 is 0 Å². The van der Waals surface area contributed by atoms with Crippen molar-refractivity contribution < 1.29 is 4.39 Å². The number of hydrogen-bond donors (Lipinski definition) is 1. The summed E-state index contributed by atoms with van der Waals surface area (Å²) in [4.78, 5) is 0. The van der Waals surface area contributed by atoms with Crippen LogP contribution in [-0.2, 0) is 6.54 Å². The van der Waals surface area contributed by atoms with E-state index in [0.717, 1.165) is 23.0 Å². The molecule has 1 heterocycles. The smallest absolute Gasteiger partial charge is 0.123 e. The lowest BCUT2D eigenvalue weighted by Crippen LogP contribution is -1.97. The second kappa shape index (κ2) is 4.69. The zero-order chi connectivity index (χ0) is 13.2. The first-order valence-electron chi connectivity index (χ1n) is 6.11. The van der Waals surface area contributed by atoms with Crippen LogP contribution in [0.25, 0.3) is 10.9 Å². The maximum Gasteiger partial charge on any atom is 0.123 e. The van der Waals surface area contributed by atoms with Crippen LogP contribution < -0.4 is 0 Å². The van der Waals surface area contributed by atoms with Gasteiger partial charge in [-0.25, -0.2) is 4.39 Å². The van der Waals surface area contributed by atoms with E-state index < -0.39 is 0 Å². The zero-order valence-electron chi connectivity index (χ0n) is 10.3. The average molecular weight is 252 g/mol. The quantitative estimate of drug-likeness (QED) is 0.686. The highest BCUT2D eigenvalue weighted by molar-refractivity contribution is 5.98. The third-order valence-corrected chi connectivity index (χ3v) is 3.23. The molecule has 0 aliphatic heterocycles. The van der Waals surface area contributed by atoms with E-state index in [1.807, 2.05) is 29.0 Å². The van der Waals surface area contributed by atoms with Crippen LogP contribution in [0.4, 0.5) is 4.39 Å².